The lowest BCUT2D eigenvalue weighted by Crippen LogP contribution is -2.06. The van der Waals surface area contributed by atoms with E-state index < -0.39 is 0 Å². The average Bonchev–Trinajstić information content (AvgIpc) is 2.81. The van der Waals surface area contributed by atoms with Gasteiger partial charge in [-0.3, -0.25) is 10.1 Å². The van der Waals surface area contributed by atoms with Gasteiger partial charge in [0.2, 0.25) is 5.82 Å². The molecule has 0 aliphatic rings. The first-order valence-corrected chi connectivity index (χ1v) is 6.78. The zero-order chi connectivity index (χ0) is 15.4. The molecule has 0 bridgehead atoms. The predicted octanol–water partition coefficient (Wildman–Crippen LogP) is 1.96. The number of hydrogen-bond acceptors (Lipinski definition) is 5. The highest BCUT2D eigenvalue weighted by molar-refractivity contribution is 5.60. The molecule has 112 valence electrons. The van der Waals surface area contributed by atoms with Crippen LogP contribution in [0.4, 0.5) is 11.5 Å². The number of aryl methyl sites for hydroxylation is 2. The van der Waals surface area contributed by atoms with Crippen molar-refractivity contribution in [3.05, 3.63) is 51.2 Å². The smallest absolute Gasteiger partial charge is 0.333 e. The highest BCUT2D eigenvalue weighted by Crippen LogP contribution is 2.28. The number of nitrogens with two attached hydrogens (primary N) is 1. The molecule has 0 aliphatic carbocycles. The van der Waals surface area contributed by atoms with Gasteiger partial charge in [0.25, 0.3) is 0 Å². The lowest BCUT2D eigenvalue weighted by atomic mass is 10.1. The minimum Gasteiger partial charge on any atom is -0.360 e. The highest BCUT2D eigenvalue weighted by atomic mass is 16.6. The largest absolute Gasteiger partial charge is 0.360 e. The maximum absolute atomic E-state index is 11.2. The molecular weight excluding hydrogens is 270 g/mol. The first kappa shape index (κ1) is 15.0. The zero-order valence-corrected chi connectivity index (χ0v) is 12.2. The SMILES string of the molecule is CCc1nn(C)c(NCc2ccc(CN)cc2)c1[N+](=O)[O-]. The Hall–Kier alpha value is -2.41. The topological polar surface area (TPSA) is 99.0 Å². The zero-order valence-electron chi connectivity index (χ0n) is 12.2. The molecule has 3 N–H and O–H groups in total. The Balaban J connectivity index is 2.19. The Morgan fingerprint density at radius 1 is 1.33 bits per heavy atom. The molecule has 0 saturated heterocycles. The van der Waals surface area contributed by atoms with Crippen LogP contribution in [0.3, 0.4) is 0 Å². The summed E-state index contributed by atoms with van der Waals surface area (Å²) in [6, 6.07) is 7.81. The van der Waals surface area contributed by atoms with Crippen molar-refractivity contribution in [3.63, 3.8) is 0 Å². The van der Waals surface area contributed by atoms with Gasteiger partial charge in [0.05, 0.1) is 4.92 Å². The summed E-state index contributed by atoms with van der Waals surface area (Å²) < 4.78 is 1.52. The first-order chi connectivity index (χ1) is 10.1. The minimum absolute atomic E-state index is 0.0542. The van der Waals surface area contributed by atoms with Crippen molar-refractivity contribution in [1.29, 1.82) is 0 Å². The summed E-state index contributed by atoms with van der Waals surface area (Å²) in [7, 11) is 1.70. The van der Waals surface area contributed by atoms with Gasteiger partial charge in [-0.05, 0) is 17.5 Å². The standard InChI is InChI=1S/C14H19N5O2/c1-3-12-13(19(20)21)14(18(2)17-12)16-9-11-6-4-10(8-15)5-7-11/h4-7,16H,3,8-9,15H2,1-2H3. The van der Waals surface area contributed by atoms with E-state index in [0.717, 1.165) is 11.1 Å². The second-order valence-electron chi connectivity index (χ2n) is 4.75. The van der Waals surface area contributed by atoms with Gasteiger partial charge in [-0.15, -0.1) is 0 Å². The van der Waals surface area contributed by atoms with Crippen LogP contribution in [0.2, 0.25) is 0 Å². The number of anilines is 1. The van der Waals surface area contributed by atoms with Gasteiger partial charge in [-0.25, -0.2) is 4.68 Å². The Kier molecular flexibility index (Phi) is 4.54. The number of hydrogen-bond donors (Lipinski definition) is 2. The Morgan fingerprint density at radius 3 is 2.48 bits per heavy atom. The fourth-order valence-corrected chi connectivity index (χ4v) is 2.18. The van der Waals surface area contributed by atoms with Crippen molar-refractivity contribution in [2.75, 3.05) is 5.32 Å². The third kappa shape index (κ3) is 3.19. The van der Waals surface area contributed by atoms with Crippen molar-refractivity contribution in [2.24, 2.45) is 12.8 Å². The fraction of sp³-hybridized carbons (Fsp3) is 0.357. The van der Waals surface area contributed by atoms with Crippen LogP contribution in [-0.2, 0) is 26.6 Å². The predicted molar refractivity (Wildman–Crippen MR) is 80.9 cm³/mol. The van der Waals surface area contributed by atoms with Crippen LogP contribution in [0.5, 0.6) is 0 Å². The lowest BCUT2D eigenvalue weighted by molar-refractivity contribution is -0.384. The van der Waals surface area contributed by atoms with Crippen LogP contribution in [0.1, 0.15) is 23.7 Å². The number of nitrogens with zero attached hydrogens (tertiary/aromatic N) is 3. The molecule has 0 spiro atoms. The normalized spacial score (nSPS) is 10.6. The van der Waals surface area contributed by atoms with Gasteiger partial charge in [-0.1, -0.05) is 31.2 Å². The van der Waals surface area contributed by atoms with Gasteiger partial charge in [0, 0.05) is 20.1 Å². The molecule has 7 nitrogen and oxygen atoms in total. The van der Waals surface area contributed by atoms with Gasteiger partial charge < -0.3 is 11.1 Å². The van der Waals surface area contributed by atoms with Crippen LogP contribution >= 0.6 is 0 Å². The van der Waals surface area contributed by atoms with Crippen molar-refractivity contribution in [1.82, 2.24) is 9.78 Å². The summed E-state index contributed by atoms with van der Waals surface area (Å²) in [6.45, 7) is 2.85. The van der Waals surface area contributed by atoms with Crippen molar-refractivity contribution in [3.8, 4) is 0 Å². The van der Waals surface area contributed by atoms with Crippen LogP contribution in [0.25, 0.3) is 0 Å². The Bertz CT molecular complexity index is 634. The van der Waals surface area contributed by atoms with E-state index in [1.807, 2.05) is 31.2 Å². The minimum atomic E-state index is -0.383. The summed E-state index contributed by atoms with van der Waals surface area (Å²) in [5.41, 5.74) is 8.18. The number of aromatic nitrogens is 2. The number of rotatable bonds is 6. The second kappa shape index (κ2) is 6.36. The van der Waals surface area contributed by atoms with Gasteiger partial charge >= 0.3 is 5.69 Å². The Labute approximate surface area is 122 Å². The van der Waals surface area contributed by atoms with E-state index >= 15 is 0 Å². The van der Waals surface area contributed by atoms with E-state index in [1.54, 1.807) is 7.05 Å². The average molecular weight is 289 g/mol. The molecule has 2 rings (SSSR count). The van der Waals surface area contributed by atoms with E-state index in [9.17, 15) is 10.1 Å². The molecule has 21 heavy (non-hydrogen) atoms. The molecule has 7 heteroatoms. The fourth-order valence-electron chi connectivity index (χ4n) is 2.18. The monoisotopic (exact) mass is 289 g/mol. The maximum atomic E-state index is 11.2. The quantitative estimate of drug-likeness (QED) is 0.625. The van der Waals surface area contributed by atoms with E-state index in [2.05, 4.69) is 10.4 Å². The molecule has 0 aliphatic heterocycles. The molecule has 0 fully saturated rings. The molecular formula is C14H19N5O2. The third-order valence-electron chi connectivity index (χ3n) is 3.33. The van der Waals surface area contributed by atoms with Gasteiger partial charge in [0.1, 0.15) is 5.69 Å². The van der Waals surface area contributed by atoms with E-state index in [4.69, 9.17) is 5.73 Å². The van der Waals surface area contributed by atoms with Crippen LogP contribution in [0.15, 0.2) is 24.3 Å². The third-order valence-corrected chi connectivity index (χ3v) is 3.33. The molecule has 1 aromatic heterocycles. The molecule has 0 atom stereocenters. The first-order valence-electron chi connectivity index (χ1n) is 6.78. The van der Waals surface area contributed by atoms with E-state index in [-0.39, 0.29) is 10.6 Å². The van der Waals surface area contributed by atoms with Crippen LogP contribution < -0.4 is 11.1 Å². The summed E-state index contributed by atoms with van der Waals surface area (Å²) in [5, 5.41) is 18.5. The lowest BCUT2D eigenvalue weighted by Gasteiger charge is -2.07. The number of benzene rings is 1. The van der Waals surface area contributed by atoms with Crippen LogP contribution in [-0.4, -0.2) is 14.7 Å². The summed E-state index contributed by atoms with van der Waals surface area (Å²) >= 11 is 0. The molecule has 1 aromatic carbocycles. The van der Waals surface area contributed by atoms with Crippen molar-refractivity contribution in [2.45, 2.75) is 26.4 Å². The van der Waals surface area contributed by atoms with E-state index in [1.165, 1.54) is 4.68 Å². The van der Waals surface area contributed by atoms with Gasteiger partial charge in [-0.2, -0.15) is 5.10 Å². The number of nitro groups is 1. The molecule has 1 heterocycles. The maximum Gasteiger partial charge on any atom is 0.333 e. The molecule has 0 radical (unpaired) electrons. The molecule has 2 aromatic rings. The summed E-state index contributed by atoms with van der Waals surface area (Å²) in [6.07, 6.45) is 0.525. The Morgan fingerprint density at radius 2 is 1.95 bits per heavy atom. The molecule has 0 amide bonds. The summed E-state index contributed by atoms with van der Waals surface area (Å²) in [4.78, 5) is 10.8. The van der Waals surface area contributed by atoms with Crippen molar-refractivity contribution >= 4 is 11.5 Å². The second-order valence-corrected chi connectivity index (χ2v) is 4.75. The highest BCUT2D eigenvalue weighted by Gasteiger charge is 2.25. The summed E-state index contributed by atoms with van der Waals surface area (Å²) in [5.74, 6) is 0.430. The van der Waals surface area contributed by atoms with Crippen molar-refractivity contribution < 1.29 is 4.92 Å². The van der Waals surface area contributed by atoms with E-state index in [0.29, 0.717) is 31.0 Å². The molecule has 0 saturated carbocycles. The molecule has 0 unspecified atom stereocenters. The number of nitrogens with one attached hydrogen (secondary N) is 1. The van der Waals surface area contributed by atoms with Gasteiger partial charge in [0.15, 0.2) is 0 Å². The van der Waals surface area contributed by atoms with Crippen LogP contribution in [0, 0.1) is 10.1 Å².